The molecule has 1 saturated heterocycles. The minimum Gasteiger partial charge on any atom is -0.310 e. The molecule has 1 saturated carbocycles. The maximum absolute atomic E-state index is 3.90. The van der Waals surface area contributed by atoms with Crippen LogP contribution in [0.2, 0.25) is 0 Å². The molecule has 1 aliphatic heterocycles. The Labute approximate surface area is 101 Å². The standard InChI is InChI=1S/C14H28N2/c1-10-9-11(7-8-16(10)6)15-12-13(2,3)14(12,4)5/h10-12,15H,7-9H2,1-6H3. The Morgan fingerprint density at radius 2 is 1.69 bits per heavy atom. The van der Waals surface area contributed by atoms with Crippen LogP contribution in [-0.4, -0.2) is 36.6 Å². The SMILES string of the molecule is CC1CC(NC2C(C)(C)C2(C)C)CCN1C. The van der Waals surface area contributed by atoms with E-state index in [4.69, 9.17) is 0 Å². The molecule has 2 unspecified atom stereocenters. The normalized spacial score (nSPS) is 38.6. The van der Waals surface area contributed by atoms with Crippen LogP contribution in [0.5, 0.6) is 0 Å². The number of rotatable bonds is 2. The highest BCUT2D eigenvalue weighted by molar-refractivity contribution is 5.18. The van der Waals surface area contributed by atoms with Crippen molar-refractivity contribution in [1.29, 1.82) is 0 Å². The van der Waals surface area contributed by atoms with Gasteiger partial charge >= 0.3 is 0 Å². The van der Waals surface area contributed by atoms with Crippen molar-refractivity contribution >= 4 is 0 Å². The zero-order valence-corrected chi connectivity index (χ0v) is 11.8. The van der Waals surface area contributed by atoms with Crippen LogP contribution in [-0.2, 0) is 0 Å². The van der Waals surface area contributed by atoms with Crippen molar-refractivity contribution in [1.82, 2.24) is 10.2 Å². The summed E-state index contributed by atoms with van der Waals surface area (Å²) in [7, 11) is 2.24. The molecule has 2 heteroatoms. The largest absolute Gasteiger partial charge is 0.310 e. The van der Waals surface area contributed by atoms with Crippen LogP contribution in [0, 0.1) is 10.8 Å². The first-order valence-electron chi connectivity index (χ1n) is 6.73. The number of nitrogens with one attached hydrogen (secondary N) is 1. The molecule has 2 fully saturated rings. The fourth-order valence-corrected chi connectivity index (χ4v) is 3.29. The van der Waals surface area contributed by atoms with Gasteiger partial charge in [0.05, 0.1) is 0 Å². The molecule has 2 atom stereocenters. The predicted molar refractivity (Wildman–Crippen MR) is 69.6 cm³/mol. The Hall–Kier alpha value is -0.0800. The highest BCUT2D eigenvalue weighted by atomic mass is 15.2. The van der Waals surface area contributed by atoms with E-state index in [9.17, 15) is 0 Å². The second-order valence-electron chi connectivity index (χ2n) is 7.09. The van der Waals surface area contributed by atoms with Gasteiger partial charge in [0, 0.05) is 18.1 Å². The molecule has 0 aromatic rings. The summed E-state index contributed by atoms with van der Waals surface area (Å²) in [6.07, 6.45) is 2.61. The second kappa shape index (κ2) is 3.71. The van der Waals surface area contributed by atoms with E-state index in [1.165, 1.54) is 19.4 Å². The molecule has 0 radical (unpaired) electrons. The van der Waals surface area contributed by atoms with Gasteiger partial charge in [-0.3, -0.25) is 0 Å². The minimum absolute atomic E-state index is 0.472. The lowest BCUT2D eigenvalue weighted by Crippen LogP contribution is -2.47. The molecule has 1 N–H and O–H groups in total. The first-order chi connectivity index (χ1) is 7.26. The van der Waals surface area contributed by atoms with E-state index in [1.54, 1.807) is 0 Å². The molecule has 0 aromatic carbocycles. The van der Waals surface area contributed by atoms with Gasteiger partial charge in [-0.05, 0) is 44.2 Å². The summed E-state index contributed by atoms with van der Waals surface area (Å²) < 4.78 is 0. The summed E-state index contributed by atoms with van der Waals surface area (Å²) in [5, 5.41) is 3.90. The molecule has 2 aliphatic rings. The molecule has 16 heavy (non-hydrogen) atoms. The van der Waals surface area contributed by atoms with Gasteiger partial charge in [0.1, 0.15) is 0 Å². The average Bonchev–Trinajstić information content (AvgIpc) is 2.54. The van der Waals surface area contributed by atoms with E-state index in [1.807, 2.05) is 0 Å². The fraction of sp³-hybridized carbons (Fsp3) is 1.00. The van der Waals surface area contributed by atoms with Crippen LogP contribution in [0.15, 0.2) is 0 Å². The van der Waals surface area contributed by atoms with E-state index in [2.05, 4.69) is 51.9 Å². The Bertz CT molecular complexity index is 256. The summed E-state index contributed by atoms with van der Waals surface area (Å²) >= 11 is 0. The lowest BCUT2D eigenvalue weighted by Gasteiger charge is -2.36. The fourth-order valence-electron chi connectivity index (χ4n) is 3.29. The van der Waals surface area contributed by atoms with Crippen molar-refractivity contribution in [3.8, 4) is 0 Å². The van der Waals surface area contributed by atoms with Crippen molar-refractivity contribution in [3.63, 3.8) is 0 Å². The smallest absolute Gasteiger partial charge is 0.0183 e. The van der Waals surface area contributed by atoms with Gasteiger partial charge in [-0.2, -0.15) is 0 Å². The van der Waals surface area contributed by atoms with Crippen LogP contribution < -0.4 is 5.32 Å². The minimum atomic E-state index is 0.472. The second-order valence-corrected chi connectivity index (χ2v) is 7.09. The summed E-state index contributed by atoms with van der Waals surface area (Å²) in [5.74, 6) is 0. The summed E-state index contributed by atoms with van der Waals surface area (Å²) in [4.78, 5) is 2.47. The topological polar surface area (TPSA) is 15.3 Å². The highest BCUT2D eigenvalue weighted by Crippen LogP contribution is 2.62. The zero-order chi connectivity index (χ0) is 12.1. The molecule has 2 nitrogen and oxygen atoms in total. The van der Waals surface area contributed by atoms with Gasteiger partial charge in [0.2, 0.25) is 0 Å². The summed E-state index contributed by atoms with van der Waals surface area (Å²) in [5.41, 5.74) is 0.944. The predicted octanol–water partition coefficient (Wildman–Crippen LogP) is 2.49. The van der Waals surface area contributed by atoms with Crippen LogP contribution in [0.1, 0.15) is 47.5 Å². The zero-order valence-electron chi connectivity index (χ0n) is 11.8. The van der Waals surface area contributed by atoms with Crippen molar-refractivity contribution in [3.05, 3.63) is 0 Å². The van der Waals surface area contributed by atoms with Crippen LogP contribution in [0.3, 0.4) is 0 Å². The van der Waals surface area contributed by atoms with Crippen molar-refractivity contribution in [2.75, 3.05) is 13.6 Å². The number of hydrogen-bond acceptors (Lipinski definition) is 2. The van der Waals surface area contributed by atoms with Crippen LogP contribution >= 0.6 is 0 Å². The molecule has 1 aliphatic carbocycles. The molecule has 0 amide bonds. The Kier molecular flexibility index (Phi) is 2.87. The third-order valence-corrected chi connectivity index (χ3v) is 5.63. The van der Waals surface area contributed by atoms with E-state index in [-0.39, 0.29) is 0 Å². The number of nitrogens with zero attached hydrogens (tertiary/aromatic N) is 1. The first-order valence-corrected chi connectivity index (χ1v) is 6.73. The number of hydrogen-bond donors (Lipinski definition) is 1. The lowest BCUT2D eigenvalue weighted by molar-refractivity contribution is 0.165. The molecular formula is C14H28N2. The van der Waals surface area contributed by atoms with Crippen molar-refractivity contribution in [2.24, 2.45) is 10.8 Å². The maximum atomic E-state index is 3.90. The van der Waals surface area contributed by atoms with Gasteiger partial charge in [0.25, 0.3) is 0 Å². The van der Waals surface area contributed by atoms with E-state index >= 15 is 0 Å². The van der Waals surface area contributed by atoms with Crippen LogP contribution in [0.25, 0.3) is 0 Å². The van der Waals surface area contributed by atoms with Gasteiger partial charge in [-0.15, -0.1) is 0 Å². The third-order valence-electron chi connectivity index (χ3n) is 5.63. The van der Waals surface area contributed by atoms with Gasteiger partial charge < -0.3 is 10.2 Å². The highest BCUT2D eigenvalue weighted by Gasteiger charge is 2.64. The Morgan fingerprint density at radius 1 is 1.12 bits per heavy atom. The monoisotopic (exact) mass is 224 g/mol. The van der Waals surface area contributed by atoms with Gasteiger partial charge in [0.15, 0.2) is 0 Å². The van der Waals surface area contributed by atoms with Crippen molar-refractivity contribution in [2.45, 2.75) is 65.6 Å². The molecule has 1 heterocycles. The molecule has 94 valence electrons. The molecule has 2 rings (SSSR count). The molecule has 0 bridgehead atoms. The van der Waals surface area contributed by atoms with Crippen LogP contribution in [0.4, 0.5) is 0 Å². The van der Waals surface area contributed by atoms with E-state index in [0.29, 0.717) is 16.9 Å². The summed E-state index contributed by atoms with van der Waals surface area (Å²) in [6, 6.07) is 2.18. The number of piperidine rings is 1. The Morgan fingerprint density at radius 3 is 2.12 bits per heavy atom. The molecule has 0 spiro atoms. The Balaban J connectivity index is 1.89. The quantitative estimate of drug-likeness (QED) is 0.775. The summed E-state index contributed by atoms with van der Waals surface area (Å²) in [6.45, 7) is 13.2. The maximum Gasteiger partial charge on any atom is 0.0183 e. The molecule has 0 aromatic heterocycles. The number of likely N-dealkylation sites (tertiary alicyclic amines) is 1. The third kappa shape index (κ3) is 1.80. The van der Waals surface area contributed by atoms with Gasteiger partial charge in [-0.1, -0.05) is 27.7 Å². The van der Waals surface area contributed by atoms with E-state index in [0.717, 1.165) is 12.1 Å². The first kappa shape index (κ1) is 12.4. The van der Waals surface area contributed by atoms with E-state index < -0.39 is 0 Å². The van der Waals surface area contributed by atoms with Crippen molar-refractivity contribution < 1.29 is 0 Å². The molecular weight excluding hydrogens is 196 g/mol. The average molecular weight is 224 g/mol. The lowest BCUT2D eigenvalue weighted by atomic mass is 9.98. The van der Waals surface area contributed by atoms with Gasteiger partial charge in [-0.25, -0.2) is 0 Å².